The highest BCUT2D eigenvalue weighted by atomic mass is 16.1. The number of hydrogen-bond acceptors (Lipinski definition) is 3. The van der Waals surface area contributed by atoms with E-state index in [1.807, 2.05) is 6.07 Å². The number of anilines is 1. The van der Waals surface area contributed by atoms with Crippen molar-refractivity contribution in [2.24, 2.45) is 5.73 Å². The molecule has 0 saturated carbocycles. The Labute approximate surface area is 131 Å². The van der Waals surface area contributed by atoms with Gasteiger partial charge in [-0.3, -0.25) is 4.79 Å². The summed E-state index contributed by atoms with van der Waals surface area (Å²) < 4.78 is 0. The van der Waals surface area contributed by atoms with Gasteiger partial charge in [-0.25, -0.2) is 0 Å². The minimum absolute atomic E-state index is 0.319. The molecule has 0 unspecified atom stereocenters. The van der Waals surface area contributed by atoms with E-state index in [2.05, 4.69) is 65.8 Å². The van der Waals surface area contributed by atoms with Crippen LogP contribution in [0.3, 0.4) is 0 Å². The molecule has 4 nitrogen and oxygen atoms in total. The van der Waals surface area contributed by atoms with E-state index in [0.717, 1.165) is 17.8 Å². The van der Waals surface area contributed by atoms with Crippen LogP contribution in [0.2, 0.25) is 0 Å². The van der Waals surface area contributed by atoms with Crippen molar-refractivity contribution in [3.63, 3.8) is 0 Å². The highest BCUT2D eigenvalue weighted by Gasteiger charge is 2.07. The van der Waals surface area contributed by atoms with E-state index in [-0.39, 0.29) is 11.9 Å². The van der Waals surface area contributed by atoms with E-state index in [1.54, 1.807) is 6.92 Å². The fourth-order valence-electron chi connectivity index (χ4n) is 2.19. The van der Waals surface area contributed by atoms with E-state index in [4.69, 9.17) is 5.73 Å². The van der Waals surface area contributed by atoms with Gasteiger partial charge in [0, 0.05) is 25.8 Å². The van der Waals surface area contributed by atoms with E-state index < -0.39 is 0 Å². The second-order valence-corrected chi connectivity index (χ2v) is 5.51. The van der Waals surface area contributed by atoms with Crippen LogP contribution in [0, 0.1) is 0 Å². The number of nitrogens with one attached hydrogen (secondary N) is 1. The number of benzene rings is 2. The number of rotatable bonds is 7. The van der Waals surface area contributed by atoms with Gasteiger partial charge in [0.1, 0.15) is 0 Å². The Hall–Kier alpha value is -2.33. The van der Waals surface area contributed by atoms with Gasteiger partial charge in [0.15, 0.2) is 0 Å². The van der Waals surface area contributed by atoms with Crippen molar-refractivity contribution in [2.75, 3.05) is 11.9 Å². The number of hydrogen-bond donors (Lipinski definition) is 2. The van der Waals surface area contributed by atoms with Gasteiger partial charge in [-0.05, 0) is 30.2 Å². The van der Waals surface area contributed by atoms with Crippen LogP contribution in [-0.4, -0.2) is 19.0 Å². The molecule has 2 rings (SSSR count). The molecule has 1 atom stereocenters. The zero-order chi connectivity index (χ0) is 15.9. The van der Waals surface area contributed by atoms with Crippen LogP contribution >= 0.6 is 0 Å². The Morgan fingerprint density at radius 1 is 1.09 bits per heavy atom. The van der Waals surface area contributed by atoms with Gasteiger partial charge in [-0.2, -0.15) is 0 Å². The predicted octanol–water partition coefficient (Wildman–Crippen LogP) is 2.29. The zero-order valence-electron chi connectivity index (χ0n) is 13.1. The summed E-state index contributed by atoms with van der Waals surface area (Å²) in [6.45, 7) is 3.27. The lowest BCUT2D eigenvalue weighted by Gasteiger charge is -2.20. The Kier molecular flexibility index (Phi) is 5.55. The summed E-state index contributed by atoms with van der Waals surface area (Å²) in [5, 5.41) is 3.10. The van der Waals surface area contributed by atoms with Crippen molar-refractivity contribution in [3.8, 4) is 0 Å². The van der Waals surface area contributed by atoms with Gasteiger partial charge in [0.05, 0.1) is 6.04 Å². The highest BCUT2D eigenvalue weighted by Crippen LogP contribution is 2.16. The van der Waals surface area contributed by atoms with Gasteiger partial charge in [0.2, 0.25) is 5.91 Å². The van der Waals surface area contributed by atoms with E-state index in [1.165, 1.54) is 5.56 Å². The Balaban J connectivity index is 1.92. The van der Waals surface area contributed by atoms with Gasteiger partial charge >= 0.3 is 0 Å². The summed E-state index contributed by atoms with van der Waals surface area (Å²) in [7, 11) is 2.08. The molecule has 0 aliphatic heterocycles. The number of nitrogens with two attached hydrogens (primary N) is 1. The topological polar surface area (TPSA) is 58.4 Å². The first-order valence-electron chi connectivity index (χ1n) is 7.43. The van der Waals surface area contributed by atoms with Gasteiger partial charge in [0.25, 0.3) is 0 Å². The van der Waals surface area contributed by atoms with Crippen LogP contribution in [0.4, 0.5) is 5.69 Å². The van der Waals surface area contributed by atoms with Crippen LogP contribution in [-0.2, 0) is 17.9 Å². The summed E-state index contributed by atoms with van der Waals surface area (Å²) in [5.74, 6) is -0.334. The molecule has 0 spiro atoms. The van der Waals surface area contributed by atoms with Gasteiger partial charge in [-0.1, -0.05) is 42.5 Å². The lowest BCUT2D eigenvalue weighted by atomic mass is 10.1. The maximum Gasteiger partial charge on any atom is 0.234 e. The molecule has 3 N–H and O–H groups in total. The van der Waals surface area contributed by atoms with E-state index >= 15 is 0 Å². The third kappa shape index (κ3) is 4.60. The van der Waals surface area contributed by atoms with Crippen molar-refractivity contribution in [3.05, 3.63) is 65.7 Å². The molecule has 0 bridgehead atoms. The molecule has 116 valence electrons. The molecule has 0 aliphatic carbocycles. The number of amides is 1. The molecule has 0 aromatic heterocycles. The molecular weight excluding hydrogens is 274 g/mol. The highest BCUT2D eigenvalue weighted by molar-refractivity contribution is 5.79. The summed E-state index contributed by atoms with van der Waals surface area (Å²) in [6.07, 6.45) is 0. The molecule has 0 saturated heterocycles. The summed E-state index contributed by atoms with van der Waals surface area (Å²) in [4.78, 5) is 13.2. The van der Waals surface area contributed by atoms with Crippen molar-refractivity contribution >= 4 is 11.6 Å². The standard InChI is InChI=1S/C18H23N3O/c1-14(18(19)22)20-12-15-8-10-17(11-9-15)21(2)13-16-6-4-3-5-7-16/h3-11,14,20H,12-13H2,1-2H3,(H2,19,22)/t14-/m0/s1. The van der Waals surface area contributed by atoms with Crippen molar-refractivity contribution in [1.82, 2.24) is 5.32 Å². The smallest absolute Gasteiger partial charge is 0.234 e. The molecule has 22 heavy (non-hydrogen) atoms. The van der Waals surface area contributed by atoms with Gasteiger partial charge < -0.3 is 16.0 Å². The first kappa shape index (κ1) is 16.0. The third-order valence-corrected chi connectivity index (χ3v) is 3.68. The monoisotopic (exact) mass is 297 g/mol. The van der Waals surface area contributed by atoms with E-state index in [0.29, 0.717) is 6.54 Å². The van der Waals surface area contributed by atoms with Crippen LogP contribution in [0.1, 0.15) is 18.1 Å². The van der Waals surface area contributed by atoms with Crippen molar-refractivity contribution < 1.29 is 4.79 Å². The second kappa shape index (κ2) is 7.61. The fourth-order valence-corrected chi connectivity index (χ4v) is 2.19. The SMILES string of the molecule is C[C@H](NCc1ccc(N(C)Cc2ccccc2)cc1)C(N)=O. The maximum atomic E-state index is 11.0. The average Bonchev–Trinajstić information content (AvgIpc) is 2.54. The zero-order valence-corrected chi connectivity index (χ0v) is 13.1. The molecule has 0 fully saturated rings. The largest absolute Gasteiger partial charge is 0.370 e. The minimum Gasteiger partial charge on any atom is -0.370 e. The van der Waals surface area contributed by atoms with Crippen LogP contribution in [0.15, 0.2) is 54.6 Å². The van der Waals surface area contributed by atoms with E-state index in [9.17, 15) is 4.79 Å². The lowest BCUT2D eigenvalue weighted by Crippen LogP contribution is -2.38. The number of carbonyl (C=O) groups is 1. The van der Waals surface area contributed by atoms with Crippen LogP contribution in [0.25, 0.3) is 0 Å². The molecule has 0 aliphatic rings. The number of primary amides is 1. The normalized spacial score (nSPS) is 11.9. The minimum atomic E-state index is -0.334. The Bertz CT molecular complexity index is 595. The second-order valence-electron chi connectivity index (χ2n) is 5.51. The fraction of sp³-hybridized carbons (Fsp3) is 0.278. The van der Waals surface area contributed by atoms with Crippen molar-refractivity contribution in [2.45, 2.75) is 26.1 Å². The average molecular weight is 297 g/mol. The van der Waals surface area contributed by atoms with Gasteiger partial charge in [-0.15, -0.1) is 0 Å². The third-order valence-electron chi connectivity index (χ3n) is 3.68. The Morgan fingerprint density at radius 3 is 2.32 bits per heavy atom. The van der Waals surface area contributed by atoms with Crippen LogP contribution < -0.4 is 16.0 Å². The molecule has 4 heteroatoms. The van der Waals surface area contributed by atoms with Crippen molar-refractivity contribution in [1.29, 1.82) is 0 Å². The maximum absolute atomic E-state index is 11.0. The number of carbonyl (C=O) groups excluding carboxylic acids is 1. The first-order chi connectivity index (χ1) is 10.6. The predicted molar refractivity (Wildman–Crippen MR) is 90.5 cm³/mol. The summed E-state index contributed by atoms with van der Waals surface area (Å²) in [5.41, 5.74) is 8.80. The summed E-state index contributed by atoms with van der Waals surface area (Å²) >= 11 is 0. The quantitative estimate of drug-likeness (QED) is 0.824. The molecule has 0 radical (unpaired) electrons. The molecule has 2 aromatic carbocycles. The van der Waals surface area contributed by atoms with Crippen LogP contribution in [0.5, 0.6) is 0 Å². The number of nitrogens with zero attached hydrogens (tertiary/aromatic N) is 1. The summed E-state index contributed by atoms with van der Waals surface area (Å²) in [6, 6.07) is 18.4. The Morgan fingerprint density at radius 2 is 1.73 bits per heavy atom. The first-order valence-corrected chi connectivity index (χ1v) is 7.43. The lowest BCUT2D eigenvalue weighted by molar-refractivity contribution is -0.119. The molecular formula is C18H23N3O. The molecule has 2 aromatic rings. The molecule has 1 amide bonds. The molecule has 0 heterocycles.